The molecule has 1 aromatic carbocycles. The van der Waals surface area contributed by atoms with E-state index in [1.807, 2.05) is 10.9 Å². The van der Waals surface area contributed by atoms with E-state index in [-0.39, 0.29) is 12.1 Å². The number of nitrogens with zero attached hydrogens (tertiary/aromatic N) is 4. The summed E-state index contributed by atoms with van der Waals surface area (Å²) in [4.78, 5) is 17.1. The highest BCUT2D eigenvalue weighted by Crippen LogP contribution is 2.29. The summed E-state index contributed by atoms with van der Waals surface area (Å²) in [7, 11) is 0. The summed E-state index contributed by atoms with van der Waals surface area (Å²) in [6.07, 6.45) is 11.8. The predicted molar refractivity (Wildman–Crippen MR) is 117 cm³/mol. The fraction of sp³-hybridized carbons (Fsp3) is 0.583. The first kappa shape index (κ1) is 19.6. The molecule has 160 valence electrons. The summed E-state index contributed by atoms with van der Waals surface area (Å²) in [5.41, 5.74) is 3.55. The van der Waals surface area contributed by atoms with Gasteiger partial charge in [0.15, 0.2) is 0 Å². The molecule has 30 heavy (non-hydrogen) atoms. The third-order valence-corrected chi connectivity index (χ3v) is 6.88. The third-order valence-electron chi connectivity index (χ3n) is 6.88. The van der Waals surface area contributed by atoms with E-state index in [2.05, 4.69) is 45.4 Å². The Hall–Kier alpha value is -2.34. The average Bonchev–Trinajstić information content (AvgIpc) is 3.52. The summed E-state index contributed by atoms with van der Waals surface area (Å²) in [6.45, 7) is 4.67. The van der Waals surface area contributed by atoms with Gasteiger partial charge < -0.3 is 14.5 Å². The Morgan fingerprint density at radius 1 is 0.900 bits per heavy atom. The molecule has 4 heterocycles. The second kappa shape index (κ2) is 8.80. The highest BCUT2D eigenvalue weighted by molar-refractivity contribution is 5.79. The van der Waals surface area contributed by atoms with Crippen LogP contribution in [0.5, 0.6) is 0 Å². The molecule has 3 aliphatic heterocycles. The molecule has 6 nitrogen and oxygen atoms in total. The van der Waals surface area contributed by atoms with Gasteiger partial charge in [-0.15, -0.1) is 0 Å². The second-order valence-electron chi connectivity index (χ2n) is 8.87. The average molecular weight is 409 g/mol. The van der Waals surface area contributed by atoms with E-state index in [4.69, 9.17) is 4.74 Å². The number of anilines is 1. The van der Waals surface area contributed by atoms with Crippen LogP contribution < -0.4 is 4.90 Å². The van der Waals surface area contributed by atoms with Crippen molar-refractivity contribution in [3.05, 3.63) is 36.7 Å². The topological polar surface area (TPSA) is 50.6 Å². The van der Waals surface area contributed by atoms with Crippen molar-refractivity contribution in [3.8, 4) is 11.1 Å². The van der Waals surface area contributed by atoms with Crippen LogP contribution in [0.25, 0.3) is 11.1 Å². The van der Waals surface area contributed by atoms with Gasteiger partial charge in [0.1, 0.15) is 6.23 Å². The number of carbonyl (C=O) groups excluding carboxylic acids is 1. The summed E-state index contributed by atoms with van der Waals surface area (Å²) >= 11 is 0. The van der Waals surface area contributed by atoms with Gasteiger partial charge in [-0.05, 0) is 62.6 Å². The Labute approximate surface area is 178 Å². The Morgan fingerprint density at radius 3 is 2.37 bits per heavy atom. The lowest BCUT2D eigenvalue weighted by Crippen LogP contribution is -2.41. The minimum Gasteiger partial charge on any atom is -0.371 e. The maximum atomic E-state index is 12.7. The van der Waals surface area contributed by atoms with Crippen LogP contribution in [0.3, 0.4) is 0 Å². The highest BCUT2D eigenvalue weighted by atomic mass is 16.5. The monoisotopic (exact) mass is 408 g/mol. The molecule has 0 saturated carbocycles. The van der Waals surface area contributed by atoms with E-state index in [1.54, 1.807) is 0 Å². The van der Waals surface area contributed by atoms with Gasteiger partial charge in [0, 0.05) is 56.2 Å². The molecule has 3 saturated heterocycles. The van der Waals surface area contributed by atoms with Crippen molar-refractivity contribution < 1.29 is 9.53 Å². The van der Waals surface area contributed by atoms with Crippen molar-refractivity contribution in [3.63, 3.8) is 0 Å². The number of piperidine rings is 1. The van der Waals surface area contributed by atoms with Crippen LogP contribution in [0.15, 0.2) is 36.7 Å². The molecule has 3 aliphatic rings. The Bertz CT molecular complexity index is 842. The first-order valence-corrected chi connectivity index (χ1v) is 11.6. The fourth-order valence-corrected chi connectivity index (χ4v) is 5.02. The van der Waals surface area contributed by atoms with Crippen molar-refractivity contribution in [2.24, 2.45) is 5.92 Å². The van der Waals surface area contributed by atoms with Crippen LogP contribution in [0.1, 0.15) is 51.2 Å². The molecule has 0 radical (unpaired) electrons. The van der Waals surface area contributed by atoms with Crippen molar-refractivity contribution in [2.45, 2.75) is 51.2 Å². The van der Waals surface area contributed by atoms with E-state index in [0.29, 0.717) is 5.91 Å². The van der Waals surface area contributed by atoms with Crippen LogP contribution in [0, 0.1) is 5.92 Å². The number of carbonyl (C=O) groups is 1. The summed E-state index contributed by atoms with van der Waals surface area (Å²) < 4.78 is 7.80. The molecule has 0 aliphatic carbocycles. The summed E-state index contributed by atoms with van der Waals surface area (Å²) in [5.74, 6) is 0.605. The maximum Gasteiger partial charge on any atom is 0.225 e. The first-order valence-electron chi connectivity index (χ1n) is 11.6. The number of likely N-dealkylation sites (tertiary alicyclic amines) is 1. The molecular formula is C24H32N4O2. The van der Waals surface area contributed by atoms with E-state index in [9.17, 15) is 4.79 Å². The molecule has 0 N–H and O–H groups in total. The molecule has 5 rings (SSSR count). The molecule has 0 bridgehead atoms. The van der Waals surface area contributed by atoms with Crippen LogP contribution >= 0.6 is 0 Å². The van der Waals surface area contributed by atoms with E-state index < -0.39 is 0 Å². The number of hydrogen-bond acceptors (Lipinski definition) is 4. The Kier molecular flexibility index (Phi) is 5.75. The fourth-order valence-electron chi connectivity index (χ4n) is 5.02. The van der Waals surface area contributed by atoms with Gasteiger partial charge in [0.2, 0.25) is 5.91 Å². The third kappa shape index (κ3) is 4.10. The molecule has 1 unspecified atom stereocenters. The van der Waals surface area contributed by atoms with Gasteiger partial charge in [0.25, 0.3) is 0 Å². The zero-order valence-electron chi connectivity index (χ0n) is 17.7. The number of aromatic nitrogens is 2. The van der Waals surface area contributed by atoms with Gasteiger partial charge in [0.05, 0.1) is 6.20 Å². The van der Waals surface area contributed by atoms with Crippen molar-refractivity contribution in [1.82, 2.24) is 14.7 Å². The molecule has 1 atom stereocenters. The first-order chi connectivity index (χ1) is 14.8. The van der Waals surface area contributed by atoms with Crippen LogP contribution in [0.2, 0.25) is 0 Å². The molecule has 0 spiro atoms. The largest absolute Gasteiger partial charge is 0.371 e. The van der Waals surface area contributed by atoms with E-state index in [1.165, 1.54) is 30.5 Å². The molecule has 6 heteroatoms. The van der Waals surface area contributed by atoms with Crippen molar-refractivity contribution in [2.75, 3.05) is 37.7 Å². The van der Waals surface area contributed by atoms with Crippen LogP contribution in [-0.2, 0) is 9.53 Å². The molecule has 2 aromatic rings. The molecule has 1 amide bonds. The SMILES string of the molecule is O=C(C1CCN(c2ccc(-c3cnn(C4CCCCO4)c3)cc2)CC1)N1CCCC1. The lowest BCUT2D eigenvalue weighted by atomic mass is 9.95. The minimum absolute atomic E-state index is 0.0799. The summed E-state index contributed by atoms with van der Waals surface area (Å²) in [6, 6.07) is 8.76. The molecule has 1 aromatic heterocycles. The number of benzene rings is 1. The number of amides is 1. The minimum atomic E-state index is 0.0799. The normalized spacial score (nSPS) is 23.1. The van der Waals surface area contributed by atoms with Gasteiger partial charge >= 0.3 is 0 Å². The lowest BCUT2D eigenvalue weighted by Gasteiger charge is -2.34. The van der Waals surface area contributed by atoms with E-state index in [0.717, 1.165) is 64.0 Å². The standard InChI is InChI=1S/C24H32N4O2/c29-24(27-12-2-3-13-27)20-10-14-26(15-11-20)22-8-6-19(7-9-22)21-17-25-28(18-21)23-5-1-4-16-30-23/h6-9,17-18,20,23H,1-5,10-16H2. The van der Waals surface area contributed by atoms with Gasteiger partial charge in [-0.2, -0.15) is 5.10 Å². The zero-order chi connectivity index (χ0) is 20.3. The Balaban J connectivity index is 1.19. The maximum absolute atomic E-state index is 12.7. The van der Waals surface area contributed by atoms with E-state index >= 15 is 0 Å². The van der Waals surface area contributed by atoms with Crippen LogP contribution in [-0.4, -0.2) is 53.4 Å². The quantitative estimate of drug-likeness (QED) is 0.765. The van der Waals surface area contributed by atoms with Crippen molar-refractivity contribution >= 4 is 11.6 Å². The number of ether oxygens (including phenoxy) is 1. The van der Waals surface area contributed by atoms with Gasteiger partial charge in [-0.3, -0.25) is 4.79 Å². The smallest absolute Gasteiger partial charge is 0.225 e. The molecule has 3 fully saturated rings. The van der Waals surface area contributed by atoms with Gasteiger partial charge in [-0.1, -0.05) is 12.1 Å². The lowest BCUT2D eigenvalue weighted by molar-refractivity contribution is -0.135. The number of hydrogen-bond donors (Lipinski definition) is 0. The van der Waals surface area contributed by atoms with Gasteiger partial charge in [-0.25, -0.2) is 4.68 Å². The van der Waals surface area contributed by atoms with Crippen molar-refractivity contribution in [1.29, 1.82) is 0 Å². The van der Waals surface area contributed by atoms with Crippen LogP contribution in [0.4, 0.5) is 5.69 Å². The zero-order valence-corrected chi connectivity index (χ0v) is 17.7. The summed E-state index contributed by atoms with van der Waals surface area (Å²) in [5, 5.41) is 4.53. The Morgan fingerprint density at radius 2 is 1.67 bits per heavy atom. The predicted octanol–water partition coefficient (Wildman–Crippen LogP) is 4.09. The highest BCUT2D eigenvalue weighted by Gasteiger charge is 2.29. The second-order valence-corrected chi connectivity index (χ2v) is 8.87. The number of rotatable bonds is 4. The molecular weight excluding hydrogens is 376 g/mol.